The van der Waals surface area contributed by atoms with Gasteiger partial charge in [0.2, 0.25) is 0 Å². The summed E-state index contributed by atoms with van der Waals surface area (Å²) < 4.78 is 0. The lowest BCUT2D eigenvalue weighted by atomic mass is 9.83. The Morgan fingerprint density at radius 2 is 1.68 bits per heavy atom. The second kappa shape index (κ2) is 6.78. The molecule has 1 atom stereocenters. The molecule has 0 heterocycles. The molecular weight excluding hydrogens is 242 g/mol. The van der Waals surface area contributed by atoms with Crippen molar-refractivity contribution in [2.75, 3.05) is 13.2 Å². The molecule has 4 nitrogen and oxygen atoms in total. The average Bonchev–Trinajstić information content (AvgIpc) is 2.41. The van der Waals surface area contributed by atoms with E-state index < -0.39 is 0 Å². The monoisotopic (exact) mass is 267 g/mol. The van der Waals surface area contributed by atoms with E-state index in [-0.39, 0.29) is 29.6 Å². The molecule has 0 aliphatic heterocycles. The standard InChI is InChI=1S/C15H25NO3/c1-4-15(5-2,10-17)9-16-11(3)14-12(18)7-6-8-13(14)19/h6-8,11,16-19H,4-5,9-10H2,1-3H3. The molecule has 0 aliphatic carbocycles. The third kappa shape index (κ3) is 3.61. The van der Waals surface area contributed by atoms with Gasteiger partial charge in [0.05, 0.1) is 5.56 Å². The van der Waals surface area contributed by atoms with E-state index in [0.717, 1.165) is 12.8 Å². The SMILES string of the molecule is CCC(CC)(CO)CNC(C)c1c(O)cccc1O. The molecule has 1 aromatic carbocycles. The third-order valence-electron chi connectivity index (χ3n) is 4.11. The molecule has 0 saturated carbocycles. The molecule has 1 aromatic rings. The predicted molar refractivity (Wildman–Crippen MR) is 76.3 cm³/mol. The molecule has 0 saturated heterocycles. The zero-order valence-corrected chi connectivity index (χ0v) is 12.0. The molecule has 0 aromatic heterocycles. The van der Waals surface area contributed by atoms with Gasteiger partial charge in [-0.05, 0) is 31.9 Å². The van der Waals surface area contributed by atoms with Crippen LogP contribution in [0, 0.1) is 5.41 Å². The number of aliphatic hydroxyl groups is 1. The number of phenols is 2. The fraction of sp³-hybridized carbons (Fsp3) is 0.600. The second-order valence-electron chi connectivity index (χ2n) is 5.18. The number of nitrogens with one attached hydrogen (secondary N) is 1. The maximum Gasteiger partial charge on any atom is 0.124 e. The fourth-order valence-electron chi connectivity index (χ4n) is 2.24. The van der Waals surface area contributed by atoms with Crippen molar-refractivity contribution in [3.63, 3.8) is 0 Å². The van der Waals surface area contributed by atoms with Crippen LogP contribution >= 0.6 is 0 Å². The van der Waals surface area contributed by atoms with E-state index in [1.165, 1.54) is 0 Å². The van der Waals surface area contributed by atoms with Crippen LogP contribution in [0.25, 0.3) is 0 Å². The predicted octanol–water partition coefficient (Wildman–Crippen LogP) is 2.55. The Hall–Kier alpha value is -1.26. The lowest BCUT2D eigenvalue weighted by molar-refractivity contribution is 0.110. The van der Waals surface area contributed by atoms with Gasteiger partial charge in [0, 0.05) is 24.6 Å². The Bertz CT molecular complexity index is 374. The first-order chi connectivity index (χ1) is 8.99. The van der Waals surface area contributed by atoms with Gasteiger partial charge in [0.25, 0.3) is 0 Å². The van der Waals surface area contributed by atoms with Crippen LogP contribution < -0.4 is 5.32 Å². The van der Waals surface area contributed by atoms with E-state index in [1.54, 1.807) is 18.2 Å². The smallest absolute Gasteiger partial charge is 0.124 e. The van der Waals surface area contributed by atoms with Gasteiger partial charge in [-0.25, -0.2) is 0 Å². The molecule has 1 rings (SSSR count). The topological polar surface area (TPSA) is 72.7 Å². The lowest BCUT2D eigenvalue weighted by Crippen LogP contribution is -2.37. The van der Waals surface area contributed by atoms with E-state index in [0.29, 0.717) is 12.1 Å². The lowest BCUT2D eigenvalue weighted by Gasteiger charge is -2.31. The van der Waals surface area contributed by atoms with Gasteiger partial charge in [-0.1, -0.05) is 19.9 Å². The van der Waals surface area contributed by atoms with Crippen molar-refractivity contribution in [1.29, 1.82) is 0 Å². The molecule has 0 fully saturated rings. The van der Waals surface area contributed by atoms with Crippen molar-refractivity contribution in [2.45, 2.75) is 39.7 Å². The summed E-state index contributed by atoms with van der Waals surface area (Å²) in [5, 5.41) is 32.5. The Labute approximate surface area is 115 Å². The maximum atomic E-state index is 9.81. The summed E-state index contributed by atoms with van der Waals surface area (Å²) in [6, 6.07) is 4.56. The number of benzene rings is 1. The van der Waals surface area contributed by atoms with Crippen molar-refractivity contribution >= 4 is 0 Å². The first-order valence-electron chi connectivity index (χ1n) is 6.84. The Balaban J connectivity index is 2.78. The number of aliphatic hydroxyl groups excluding tert-OH is 1. The molecule has 0 aliphatic rings. The van der Waals surface area contributed by atoms with Crippen LogP contribution in [0.2, 0.25) is 0 Å². The van der Waals surface area contributed by atoms with Crippen LogP contribution in [-0.2, 0) is 0 Å². The van der Waals surface area contributed by atoms with Gasteiger partial charge in [-0.15, -0.1) is 0 Å². The Morgan fingerprint density at radius 3 is 2.11 bits per heavy atom. The van der Waals surface area contributed by atoms with Crippen LogP contribution in [0.1, 0.15) is 45.2 Å². The summed E-state index contributed by atoms with van der Waals surface area (Å²) in [5.74, 6) is 0.171. The molecule has 0 spiro atoms. The molecular formula is C15H25NO3. The number of hydrogen-bond donors (Lipinski definition) is 4. The summed E-state index contributed by atoms with van der Waals surface area (Å²) in [5.41, 5.74) is 0.357. The maximum absolute atomic E-state index is 9.81. The average molecular weight is 267 g/mol. The molecule has 4 N–H and O–H groups in total. The highest BCUT2D eigenvalue weighted by atomic mass is 16.3. The number of phenolic OH excluding ortho intramolecular Hbond substituents is 2. The molecule has 4 heteroatoms. The minimum atomic E-state index is -0.176. The van der Waals surface area contributed by atoms with E-state index in [2.05, 4.69) is 19.2 Å². The van der Waals surface area contributed by atoms with Crippen LogP contribution in [-0.4, -0.2) is 28.5 Å². The van der Waals surface area contributed by atoms with Gasteiger partial charge < -0.3 is 20.6 Å². The van der Waals surface area contributed by atoms with Crippen molar-refractivity contribution in [2.24, 2.45) is 5.41 Å². The summed E-state index contributed by atoms with van der Waals surface area (Å²) in [4.78, 5) is 0. The second-order valence-corrected chi connectivity index (χ2v) is 5.18. The highest BCUT2D eigenvalue weighted by Crippen LogP contribution is 2.33. The van der Waals surface area contributed by atoms with Gasteiger partial charge in [0.1, 0.15) is 11.5 Å². The van der Waals surface area contributed by atoms with Gasteiger partial charge in [-0.3, -0.25) is 0 Å². The van der Waals surface area contributed by atoms with Crippen molar-refractivity contribution in [3.05, 3.63) is 23.8 Å². The molecule has 19 heavy (non-hydrogen) atoms. The molecule has 0 amide bonds. The van der Waals surface area contributed by atoms with E-state index >= 15 is 0 Å². The summed E-state index contributed by atoms with van der Waals surface area (Å²) in [6.45, 7) is 6.78. The first kappa shape index (κ1) is 15.8. The van der Waals surface area contributed by atoms with Crippen molar-refractivity contribution < 1.29 is 15.3 Å². The molecule has 0 radical (unpaired) electrons. The van der Waals surface area contributed by atoms with E-state index in [1.807, 2.05) is 6.92 Å². The van der Waals surface area contributed by atoms with Crippen molar-refractivity contribution in [3.8, 4) is 11.5 Å². The number of rotatable bonds is 7. The fourth-order valence-corrected chi connectivity index (χ4v) is 2.24. The summed E-state index contributed by atoms with van der Waals surface area (Å²) >= 11 is 0. The minimum absolute atomic E-state index is 0.0857. The highest BCUT2D eigenvalue weighted by Gasteiger charge is 2.26. The quantitative estimate of drug-likeness (QED) is 0.612. The van der Waals surface area contributed by atoms with Crippen LogP contribution in [0.3, 0.4) is 0 Å². The van der Waals surface area contributed by atoms with Gasteiger partial charge in [-0.2, -0.15) is 0 Å². The summed E-state index contributed by atoms with van der Waals surface area (Å²) in [7, 11) is 0. The first-order valence-corrected chi connectivity index (χ1v) is 6.84. The van der Waals surface area contributed by atoms with Gasteiger partial charge >= 0.3 is 0 Å². The number of aromatic hydroxyl groups is 2. The molecule has 1 unspecified atom stereocenters. The van der Waals surface area contributed by atoms with Crippen LogP contribution in [0.4, 0.5) is 0 Å². The normalized spacial score (nSPS) is 13.5. The zero-order chi connectivity index (χ0) is 14.5. The van der Waals surface area contributed by atoms with Crippen molar-refractivity contribution in [1.82, 2.24) is 5.32 Å². The Kier molecular flexibility index (Phi) is 5.63. The summed E-state index contributed by atoms with van der Waals surface area (Å²) in [6.07, 6.45) is 1.76. The highest BCUT2D eigenvalue weighted by molar-refractivity contribution is 5.44. The molecule has 108 valence electrons. The third-order valence-corrected chi connectivity index (χ3v) is 4.11. The molecule has 0 bridgehead atoms. The Morgan fingerprint density at radius 1 is 1.16 bits per heavy atom. The van der Waals surface area contributed by atoms with Gasteiger partial charge in [0.15, 0.2) is 0 Å². The van der Waals surface area contributed by atoms with E-state index in [4.69, 9.17) is 0 Å². The van der Waals surface area contributed by atoms with Crippen LogP contribution in [0.15, 0.2) is 18.2 Å². The van der Waals surface area contributed by atoms with Crippen LogP contribution in [0.5, 0.6) is 11.5 Å². The minimum Gasteiger partial charge on any atom is -0.507 e. The largest absolute Gasteiger partial charge is 0.507 e. The zero-order valence-electron chi connectivity index (χ0n) is 12.0. The number of hydrogen-bond acceptors (Lipinski definition) is 4. The van der Waals surface area contributed by atoms with E-state index in [9.17, 15) is 15.3 Å².